The number of nitrogens with one attached hydrogen (secondary N) is 1. The van der Waals surface area contributed by atoms with Gasteiger partial charge in [0.1, 0.15) is 5.76 Å². The highest BCUT2D eigenvalue weighted by Crippen LogP contribution is 2.21. The van der Waals surface area contributed by atoms with E-state index in [9.17, 15) is 4.79 Å². The molecule has 1 aliphatic rings. The smallest absolute Gasteiger partial charge is 0.290 e. The Balaban J connectivity index is 1.48. The first kappa shape index (κ1) is 14.8. The van der Waals surface area contributed by atoms with Crippen molar-refractivity contribution in [1.82, 2.24) is 20.6 Å². The number of hydrogen-bond donors (Lipinski definition) is 1. The molecule has 1 aliphatic heterocycles. The molecule has 4 heterocycles. The number of ether oxygens (including phenoxy) is 1. The van der Waals surface area contributed by atoms with Crippen LogP contribution in [-0.4, -0.2) is 40.5 Å². The lowest BCUT2D eigenvalue weighted by atomic mass is 9.98. The van der Waals surface area contributed by atoms with Gasteiger partial charge in [-0.05, 0) is 19.1 Å². The first-order valence-corrected chi connectivity index (χ1v) is 7.72. The van der Waals surface area contributed by atoms with Crippen molar-refractivity contribution in [3.8, 4) is 0 Å². The highest BCUT2D eigenvalue weighted by Gasteiger charge is 2.32. The number of amides is 1. The van der Waals surface area contributed by atoms with Crippen LogP contribution in [0.15, 0.2) is 33.4 Å². The van der Waals surface area contributed by atoms with E-state index in [1.165, 1.54) is 0 Å². The maximum atomic E-state index is 12.5. The zero-order valence-corrected chi connectivity index (χ0v) is 13.1. The lowest BCUT2D eigenvalue weighted by molar-refractivity contribution is 0.0890. The zero-order chi connectivity index (χ0) is 16.5. The molecule has 0 aromatic carbocycles. The summed E-state index contributed by atoms with van der Waals surface area (Å²) in [5, 5.41) is 11.2. The SMILES string of the molecule is Cc1cc(C[C@@H]2COC[C@@H]2NC(=O)c2onc3ncccc23)on1. The van der Waals surface area contributed by atoms with Gasteiger partial charge in [-0.1, -0.05) is 10.3 Å². The molecule has 1 N–H and O–H groups in total. The third-order valence-electron chi connectivity index (χ3n) is 4.12. The molecule has 0 spiro atoms. The standard InChI is InChI=1S/C16H16N4O4/c1-9-5-11(23-19-9)6-10-7-22-8-13(10)18-16(21)14-12-3-2-4-17-15(12)20-24-14/h2-5,10,13H,6-8H2,1H3,(H,18,21)/t10-,13+/m1/s1. The molecule has 1 amide bonds. The third-order valence-corrected chi connectivity index (χ3v) is 4.12. The van der Waals surface area contributed by atoms with Gasteiger partial charge in [0.2, 0.25) is 11.4 Å². The normalized spacial score (nSPS) is 20.5. The summed E-state index contributed by atoms with van der Waals surface area (Å²) in [6.45, 7) is 2.89. The fourth-order valence-electron chi connectivity index (χ4n) is 2.91. The van der Waals surface area contributed by atoms with Crippen LogP contribution in [0.1, 0.15) is 22.0 Å². The first-order valence-electron chi connectivity index (χ1n) is 7.72. The van der Waals surface area contributed by atoms with Crippen molar-refractivity contribution in [1.29, 1.82) is 0 Å². The van der Waals surface area contributed by atoms with Crippen LogP contribution in [-0.2, 0) is 11.2 Å². The second-order valence-electron chi connectivity index (χ2n) is 5.90. The molecule has 8 nitrogen and oxygen atoms in total. The summed E-state index contributed by atoms with van der Waals surface area (Å²) in [5.74, 6) is 0.754. The summed E-state index contributed by atoms with van der Waals surface area (Å²) in [7, 11) is 0. The van der Waals surface area contributed by atoms with Crippen LogP contribution in [0.4, 0.5) is 0 Å². The van der Waals surface area contributed by atoms with Crippen molar-refractivity contribution in [3.05, 3.63) is 41.6 Å². The Hall–Kier alpha value is -2.74. The molecule has 0 unspecified atom stereocenters. The third kappa shape index (κ3) is 2.76. The average molecular weight is 328 g/mol. The second kappa shape index (κ2) is 6.04. The monoisotopic (exact) mass is 328 g/mol. The van der Waals surface area contributed by atoms with Crippen LogP contribution >= 0.6 is 0 Å². The molecule has 4 rings (SSSR count). The van der Waals surface area contributed by atoms with Crippen LogP contribution in [0.25, 0.3) is 11.0 Å². The number of carbonyl (C=O) groups excluding carboxylic acids is 1. The van der Waals surface area contributed by atoms with Crippen LogP contribution in [0.2, 0.25) is 0 Å². The van der Waals surface area contributed by atoms with Crippen molar-refractivity contribution in [2.24, 2.45) is 5.92 Å². The van der Waals surface area contributed by atoms with Gasteiger partial charge >= 0.3 is 0 Å². The molecule has 24 heavy (non-hydrogen) atoms. The summed E-state index contributed by atoms with van der Waals surface area (Å²) in [4.78, 5) is 16.6. The predicted molar refractivity (Wildman–Crippen MR) is 82.3 cm³/mol. The van der Waals surface area contributed by atoms with Crippen LogP contribution in [0.3, 0.4) is 0 Å². The van der Waals surface area contributed by atoms with E-state index in [0.29, 0.717) is 30.7 Å². The summed E-state index contributed by atoms with van der Waals surface area (Å²) in [6, 6.07) is 5.27. The van der Waals surface area contributed by atoms with Crippen LogP contribution < -0.4 is 5.32 Å². The highest BCUT2D eigenvalue weighted by molar-refractivity contribution is 6.02. The molecule has 0 bridgehead atoms. The predicted octanol–water partition coefficient (Wildman–Crippen LogP) is 1.51. The van der Waals surface area contributed by atoms with Crippen molar-refractivity contribution in [3.63, 3.8) is 0 Å². The Morgan fingerprint density at radius 2 is 2.25 bits per heavy atom. The van der Waals surface area contributed by atoms with E-state index < -0.39 is 0 Å². The average Bonchev–Trinajstić information content (AvgIpc) is 3.28. The van der Waals surface area contributed by atoms with E-state index in [4.69, 9.17) is 13.8 Å². The van der Waals surface area contributed by atoms with E-state index >= 15 is 0 Å². The fourth-order valence-corrected chi connectivity index (χ4v) is 2.91. The Morgan fingerprint density at radius 1 is 1.33 bits per heavy atom. The van der Waals surface area contributed by atoms with Gasteiger partial charge in [-0.15, -0.1) is 0 Å². The number of fused-ring (bicyclic) bond motifs is 1. The van der Waals surface area contributed by atoms with E-state index in [-0.39, 0.29) is 23.6 Å². The Labute approximate surface area is 137 Å². The molecule has 0 radical (unpaired) electrons. The van der Waals surface area contributed by atoms with Gasteiger partial charge in [0, 0.05) is 24.6 Å². The quantitative estimate of drug-likeness (QED) is 0.774. The number of aromatic nitrogens is 3. The molecule has 1 fully saturated rings. The summed E-state index contributed by atoms with van der Waals surface area (Å²) in [5.41, 5.74) is 1.25. The molecule has 0 aliphatic carbocycles. The van der Waals surface area contributed by atoms with Crippen molar-refractivity contribution in [2.45, 2.75) is 19.4 Å². The van der Waals surface area contributed by atoms with Crippen molar-refractivity contribution >= 4 is 16.9 Å². The summed E-state index contributed by atoms with van der Waals surface area (Å²) < 4.78 is 15.9. The molecular weight excluding hydrogens is 312 g/mol. The van der Waals surface area contributed by atoms with Gasteiger partial charge in [0.15, 0.2) is 0 Å². The van der Waals surface area contributed by atoms with E-state index in [0.717, 1.165) is 11.5 Å². The Bertz CT molecular complexity index is 872. The Morgan fingerprint density at radius 3 is 3.08 bits per heavy atom. The summed E-state index contributed by atoms with van der Waals surface area (Å²) >= 11 is 0. The summed E-state index contributed by atoms with van der Waals surface area (Å²) in [6.07, 6.45) is 2.26. The molecule has 1 saturated heterocycles. The minimum absolute atomic E-state index is 0.119. The van der Waals surface area contributed by atoms with Gasteiger partial charge < -0.3 is 19.1 Å². The van der Waals surface area contributed by atoms with Gasteiger partial charge in [-0.25, -0.2) is 4.98 Å². The van der Waals surface area contributed by atoms with Gasteiger partial charge in [-0.3, -0.25) is 4.79 Å². The van der Waals surface area contributed by atoms with E-state index in [2.05, 4.69) is 20.6 Å². The zero-order valence-electron chi connectivity index (χ0n) is 13.1. The highest BCUT2D eigenvalue weighted by atomic mass is 16.5. The maximum absolute atomic E-state index is 12.5. The van der Waals surface area contributed by atoms with Crippen LogP contribution in [0.5, 0.6) is 0 Å². The molecule has 2 atom stereocenters. The lowest BCUT2D eigenvalue weighted by Crippen LogP contribution is -2.40. The molecule has 8 heteroatoms. The second-order valence-corrected chi connectivity index (χ2v) is 5.90. The topological polar surface area (TPSA) is 103 Å². The largest absolute Gasteiger partial charge is 0.379 e. The number of hydrogen-bond acceptors (Lipinski definition) is 7. The van der Waals surface area contributed by atoms with E-state index in [1.54, 1.807) is 18.3 Å². The Kier molecular flexibility index (Phi) is 3.73. The van der Waals surface area contributed by atoms with Gasteiger partial charge in [0.25, 0.3) is 5.91 Å². The van der Waals surface area contributed by atoms with Gasteiger partial charge in [0.05, 0.1) is 30.3 Å². The van der Waals surface area contributed by atoms with Crippen LogP contribution in [0, 0.1) is 12.8 Å². The number of nitrogens with zero attached hydrogens (tertiary/aromatic N) is 3. The fraction of sp³-hybridized carbons (Fsp3) is 0.375. The molecule has 124 valence electrons. The first-order chi connectivity index (χ1) is 11.7. The van der Waals surface area contributed by atoms with Crippen molar-refractivity contribution in [2.75, 3.05) is 13.2 Å². The molecular formula is C16H16N4O4. The molecule has 0 saturated carbocycles. The molecule has 3 aromatic rings. The minimum atomic E-state index is -0.320. The minimum Gasteiger partial charge on any atom is -0.379 e. The maximum Gasteiger partial charge on any atom is 0.290 e. The number of pyridine rings is 1. The van der Waals surface area contributed by atoms with E-state index in [1.807, 2.05) is 13.0 Å². The number of rotatable bonds is 4. The van der Waals surface area contributed by atoms with Gasteiger partial charge in [-0.2, -0.15) is 0 Å². The number of carbonyl (C=O) groups is 1. The number of aryl methyl sites for hydroxylation is 1. The molecule has 3 aromatic heterocycles. The lowest BCUT2D eigenvalue weighted by Gasteiger charge is -2.17. The van der Waals surface area contributed by atoms with Crippen molar-refractivity contribution < 1.29 is 18.6 Å².